The minimum atomic E-state index is -0.306. The highest BCUT2D eigenvalue weighted by Gasteiger charge is 2.37. The fourth-order valence-electron chi connectivity index (χ4n) is 9.95. The summed E-state index contributed by atoms with van der Waals surface area (Å²) in [4.78, 5) is 64.2. The Bertz CT molecular complexity index is 2480. The summed E-state index contributed by atoms with van der Waals surface area (Å²) in [6.07, 6.45) is 7.33. The average molecular weight is 737 g/mol. The summed E-state index contributed by atoms with van der Waals surface area (Å²) < 4.78 is 0. The number of carbonyl (C=O) groups excluding carboxylic acids is 4. The number of anilines is 2. The summed E-state index contributed by atoms with van der Waals surface area (Å²) in [5.74, 6) is -1.22. The van der Waals surface area contributed by atoms with E-state index in [9.17, 15) is 19.2 Å². The van der Waals surface area contributed by atoms with Gasteiger partial charge < -0.3 is 9.80 Å². The quantitative estimate of drug-likeness (QED) is 0.0962. The number of imide groups is 2. The molecule has 0 atom stereocenters. The minimum Gasteiger partial charge on any atom is -0.372 e. The lowest BCUT2D eigenvalue weighted by molar-refractivity contribution is 0.0583. The lowest BCUT2D eigenvalue weighted by Gasteiger charge is -2.31. The van der Waals surface area contributed by atoms with Crippen LogP contribution < -0.4 is 9.80 Å². The molecule has 0 N–H and O–H groups in total. The van der Waals surface area contributed by atoms with Gasteiger partial charge in [0.25, 0.3) is 23.6 Å². The van der Waals surface area contributed by atoms with Crippen LogP contribution in [0.5, 0.6) is 0 Å². The van der Waals surface area contributed by atoms with Gasteiger partial charge in [0.1, 0.15) is 0 Å². The Labute approximate surface area is 324 Å². The number of hydrogen-bond acceptors (Lipinski definition) is 6. The molecule has 0 spiro atoms. The van der Waals surface area contributed by atoms with E-state index in [-0.39, 0.29) is 36.7 Å². The van der Waals surface area contributed by atoms with Crippen LogP contribution in [0, 0.1) is 0 Å². The van der Waals surface area contributed by atoms with Crippen molar-refractivity contribution in [1.29, 1.82) is 0 Å². The van der Waals surface area contributed by atoms with E-state index >= 15 is 0 Å². The van der Waals surface area contributed by atoms with Crippen molar-refractivity contribution in [1.82, 2.24) is 9.80 Å². The predicted molar refractivity (Wildman–Crippen MR) is 221 cm³/mol. The molecule has 0 bridgehead atoms. The zero-order chi connectivity index (χ0) is 37.7. The molecule has 4 aliphatic heterocycles. The maximum Gasteiger partial charge on any atom is 0.261 e. The monoisotopic (exact) mass is 736 g/mol. The Morgan fingerprint density at radius 2 is 0.643 bits per heavy atom. The summed E-state index contributed by atoms with van der Waals surface area (Å²) in [5.41, 5.74) is 6.18. The molecule has 0 unspecified atom stereocenters. The first-order valence-corrected chi connectivity index (χ1v) is 20.0. The van der Waals surface area contributed by atoms with Crippen LogP contribution in [-0.2, 0) is 13.1 Å². The number of fused-ring (bicyclic) bond motifs is 2. The van der Waals surface area contributed by atoms with Gasteiger partial charge in [-0.15, -0.1) is 0 Å². The first kappa shape index (κ1) is 33.1. The Morgan fingerprint density at radius 1 is 0.339 bits per heavy atom. The number of benzene rings is 7. The smallest absolute Gasteiger partial charge is 0.261 e. The van der Waals surface area contributed by atoms with E-state index < -0.39 is 0 Å². The van der Waals surface area contributed by atoms with E-state index in [1.165, 1.54) is 59.7 Å². The molecule has 4 amide bonds. The Morgan fingerprint density at radius 3 is 0.946 bits per heavy atom. The molecule has 11 rings (SSSR count). The fourth-order valence-corrected chi connectivity index (χ4v) is 9.95. The second kappa shape index (κ2) is 12.6. The standard InChI is InChI=1S/C48H40N4O4/c53-45-37-19-15-33-35-17-21-39-44-40(48(56)52(47(39)55)28-30-9-13-32(14-10-30)50-25-5-2-6-26-50)22-18-36(42(35)44)34-16-20-38(43(37)41(33)34)46(54)51(45)27-29-7-11-31(12-8-29)49-23-3-1-4-24-49/h7-22H,1-6,23-28H2. The molecular weight excluding hydrogens is 697 g/mol. The first-order chi connectivity index (χ1) is 27.4. The molecule has 8 heteroatoms. The maximum atomic E-state index is 14.2. The van der Waals surface area contributed by atoms with E-state index in [2.05, 4.69) is 34.1 Å². The van der Waals surface area contributed by atoms with E-state index in [1.807, 2.05) is 72.8 Å². The lowest BCUT2D eigenvalue weighted by atomic mass is 9.82. The van der Waals surface area contributed by atoms with E-state index in [1.54, 1.807) is 0 Å². The SMILES string of the molecule is O=C1c2ccc3c4ccc5c6c(ccc(c7ccc(c2c37)C(=O)N1Cc1ccc(N2CCCCC2)cc1)c64)C(=O)N(Cc1ccc(N2CCCCC2)cc1)C5=O. The zero-order valence-electron chi connectivity index (χ0n) is 31.1. The number of carbonyl (C=O) groups is 4. The number of rotatable bonds is 6. The Kier molecular flexibility index (Phi) is 7.46. The van der Waals surface area contributed by atoms with Crippen LogP contribution >= 0.6 is 0 Å². The van der Waals surface area contributed by atoms with Crippen molar-refractivity contribution >= 4 is 78.1 Å². The zero-order valence-corrected chi connectivity index (χ0v) is 31.1. The van der Waals surface area contributed by atoms with Gasteiger partial charge in [0.05, 0.1) is 13.1 Å². The molecule has 8 nitrogen and oxygen atoms in total. The molecule has 4 aliphatic rings. The van der Waals surface area contributed by atoms with Crippen LogP contribution in [0.15, 0.2) is 97.1 Å². The average Bonchev–Trinajstić information content (AvgIpc) is 3.25. The highest BCUT2D eigenvalue weighted by molar-refractivity contribution is 6.41. The van der Waals surface area contributed by atoms with Crippen LogP contribution in [0.1, 0.15) is 91.1 Å². The number of hydrogen-bond donors (Lipinski definition) is 0. The van der Waals surface area contributed by atoms with Crippen molar-refractivity contribution < 1.29 is 19.2 Å². The number of nitrogens with zero attached hydrogens (tertiary/aromatic N) is 4. The van der Waals surface area contributed by atoms with Crippen molar-refractivity contribution in [2.45, 2.75) is 51.6 Å². The van der Waals surface area contributed by atoms with Gasteiger partial charge in [-0.2, -0.15) is 0 Å². The lowest BCUT2D eigenvalue weighted by Crippen LogP contribution is -2.40. The summed E-state index contributed by atoms with van der Waals surface area (Å²) in [6, 6.07) is 31.7. The highest BCUT2D eigenvalue weighted by Crippen LogP contribution is 2.46. The van der Waals surface area contributed by atoms with Crippen molar-refractivity contribution in [3.63, 3.8) is 0 Å². The predicted octanol–water partition coefficient (Wildman–Crippen LogP) is 9.31. The highest BCUT2D eigenvalue weighted by atomic mass is 16.2. The van der Waals surface area contributed by atoms with Crippen molar-refractivity contribution in [3.8, 4) is 0 Å². The normalized spacial score (nSPS) is 17.4. The second-order valence-corrected chi connectivity index (χ2v) is 16.0. The minimum absolute atomic E-state index is 0.194. The van der Waals surface area contributed by atoms with Gasteiger partial charge in [-0.25, -0.2) is 0 Å². The van der Waals surface area contributed by atoms with Gasteiger partial charge in [0.2, 0.25) is 0 Å². The molecule has 0 aliphatic carbocycles. The molecule has 0 aromatic heterocycles. The third-order valence-corrected chi connectivity index (χ3v) is 12.8. The Balaban J connectivity index is 0.947. The molecule has 56 heavy (non-hydrogen) atoms. The summed E-state index contributed by atoms with van der Waals surface area (Å²) >= 11 is 0. The van der Waals surface area contributed by atoms with Gasteiger partial charge >= 0.3 is 0 Å². The van der Waals surface area contributed by atoms with Gasteiger partial charge in [-0.05, 0) is 131 Å². The molecule has 2 saturated heterocycles. The molecule has 2 fully saturated rings. The number of amides is 4. The van der Waals surface area contributed by atoms with Gasteiger partial charge in [0.15, 0.2) is 0 Å². The van der Waals surface area contributed by atoms with Crippen LogP contribution in [-0.4, -0.2) is 59.6 Å². The van der Waals surface area contributed by atoms with E-state index in [0.717, 1.165) is 69.6 Å². The fraction of sp³-hybridized carbons (Fsp3) is 0.250. The molecule has 7 aromatic rings. The molecule has 276 valence electrons. The molecule has 0 radical (unpaired) electrons. The van der Waals surface area contributed by atoms with Gasteiger partial charge in [-0.3, -0.25) is 29.0 Å². The van der Waals surface area contributed by atoms with E-state index in [0.29, 0.717) is 33.0 Å². The molecule has 7 aromatic carbocycles. The maximum absolute atomic E-state index is 14.2. The topological polar surface area (TPSA) is 81.2 Å². The second-order valence-electron chi connectivity index (χ2n) is 16.0. The van der Waals surface area contributed by atoms with Crippen LogP contribution in [0.2, 0.25) is 0 Å². The van der Waals surface area contributed by atoms with Crippen molar-refractivity contribution in [3.05, 3.63) is 130 Å². The van der Waals surface area contributed by atoms with Crippen molar-refractivity contribution in [2.75, 3.05) is 36.0 Å². The summed E-state index contributed by atoms with van der Waals surface area (Å²) in [7, 11) is 0. The largest absolute Gasteiger partial charge is 0.372 e. The molecule has 4 heterocycles. The van der Waals surface area contributed by atoms with Crippen LogP contribution in [0.3, 0.4) is 0 Å². The van der Waals surface area contributed by atoms with Crippen LogP contribution in [0.4, 0.5) is 11.4 Å². The van der Waals surface area contributed by atoms with Gasteiger partial charge in [0, 0.05) is 70.6 Å². The van der Waals surface area contributed by atoms with Crippen molar-refractivity contribution in [2.24, 2.45) is 0 Å². The molecular formula is C48H40N4O4. The van der Waals surface area contributed by atoms with Gasteiger partial charge in [-0.1, -0.05) is 48.5 Å². The summed E-state index contributed by atoms with van der Waals surface area (Å²) in [6.45, 7) is 4.60. The van der Waals surface area contributed by atoms with E-state index in [4.69, 9.17) is 0 Å². The number of piperidine rings is 2. The Hall–Kier alpha value is -6.28. The van der Waals surface area contributed by atoms with Crippen LogP contribution in [0.25, 0.3) is 43.1 Å². The third kappa shape index (κ3) is 4.91. The first-order valence-electron chi connectivity index (χ1n) is 20.0. The molecule has 0 saturated carbocycles. The third-order valence-electron chi connectivity index (χ3n) is 12.8. The summed E-state index contributed by atoms with van der Waals surface area (Å²) in [5, 5.41) is 6.57.